The molecule has 0 bridgehead atoms. The van der Waals surface area contributed by atoms with Crippen molar-refractivity contribution in [3.8, 4) is 0 Å². The van der Waals surface area contributed by atoms with Crippen LogP contribution in [-0.2, 0) is 13.6 Å². The van der Waals surface area contributed by atoms with E-state index in [1.165, 1.54) is 12.1 Å². The van der Waals surface area contributed by atoms with Gasteiger partial charge in [-0.3, -0.25) is 14.6 Å². The summed E-state index contributed by atoms with van der Waals surface area (Å²) in [6.45, 7) is 9.13. The van der Waals surface area contributed by atoms with Gasteiger partial charge in [0.05, 0.1) is 16.4 Å². The number of halogens is 3. The molecule has 0 unspecified atom stereocenters. The van der Waals surface area contributed by atoms with Gasteiger partial charge in [-0.1, -0.05) is 41.4 Å². The van der Waals surface area contributed by atoms with E-state index >= 15 is 0 Å². The fourth-order valence-corrected chi connectivity index (χ4v) is 6.31. The molecule has 2 N–H and O–H groups in total. The Morgan fingerprint density at radius 1 is 1.02 bits per heavy atom. The summed E-state index contributed by atoms with van der Waals surface area (Å²) in [6, 6.07) is 14.1. The van der Waals surface area contributed by atoms with Crippen LogP contribution in [0, 0.1) is 19.7 Å². The Balaban J connectivity index is 1.17. The molecule has 3 heterocycles. The standard InChI is InChI=1S/C33H33Cl2FN6O/c1-20-18-22(36)9-11-27(20)38-33-39-29-12-10-23-21(2)28(37-32(43)30(23)31(29)40(33)3)8-5-13-41-14-16-42(17-15-41)19-24-25(34)6-4-7-26(24)35/h4-12,18H,13-17,19H2,1-3H3,(H,37,43)(H,38,39). The molecule has 1 saturated heterocycles. The van der Waals surface area contributed by atoms with Crippen LogP contribution in [0.25, 0.3) is 27.9 Å². The van der Waals surface area contributed by atoms with Crippen molar-refractivity contribution in [3.63, 3.8) is 0 Å². The fourth-order valence-electron chi connectivity index (χ4n) is 5.79. The molecule has 0 spiro atoms. The summed E-state index contributed by atoms with van der Waals surface area (Å²) in [6.07, 6.45) is 4.12. The molecule has 0 radical (unpaired) electrons. The minimum atomic E-state index is -0.288. The van der Waals surface area contributed by atoms with Crippen molar-refractivity contribution in [1.29, 1.82) is 0 Å². The number of hydrogen-bond acceptors (Lipinski definition) is 5. The van der Waals surface area contributed by atoms with E-state index in [9.17, 15) is 9.18 Å². The van der Waals surface area contributed by atoms with Crippen LogP contribution in [0.1, 0.15) is 22.4 Å². The summed E-state index contributed by atoms with van der Waals surface area (Å²) in [4.78, 5) is 26.0. The number of benzene rings is 3. The Labute approximate surface area is 259 Å². The normalized spacial score (nSPS) is 14.8. The van der Waals surface area contributed by atoms with Gasteiger partial charge in [-0.25, -0.2) is 9.37 Å². The Bertz CT molecular complexity index is 1900. The number of aryl methyl sites for hydroxylation is 3. The number of aromatic nitrogens is 3. The second kappa shape index (κ2) is 12.1. The molecule has 0 saturated carbocycles. The van der Waals surface area contributed by atoms with E-state index in [1.807, 2.05) is 61.9 Å². The molecule has 2 aromatic heterocycles. The molecular formula is C33H33Cl2FN6O. The molecule has 0 aliphatic carbocycles. The van der Waals surface area contributed by atoms with Crippen LogP contribution < -0.4 is 10.9 Å². The number of nitrogens with zero attached hydrogens (tertiary/aromatic N) is 4. The fraction of sp³-hybridized carbons (Fsp3) is 0.273. The Hall–Kier alpha value is -3.69. The van der Waals surface area contributed by atoms with Crippen molar-refractivity contribution >= 4 is 62.7 Å². The lowest BCUT2D eigenvalue weighted by atomic mass is 10.0. The number of hydrogen-bond donors (Lipinski definition) is 2. The van der Waals surface area contributed by atoms with Gasteiger partial charge in [-0.05, 0) is 72.8 Å². The first-order chi connectivity index (χ1) is 20.7. The van der Waals surface area contributed by atoms with Gasteiger partial charge in [0.25, 0.3) is 5.56 Å². The number of anilines is 2. The number of imidazole rings is 1. The number of piperazine rings is 1. The maximum atomic E-state index is 13.6. The average molecular weight is 620 g/mol. The van der Waals surface area contributed by atoms with Crippen molar-refractivity contribution in [3.05, 3.63) is 103 Å². The van der Waals surface area contributed by atoms with Crippen molar-refractivity contribution in [2.45, 2.75) is 20.4 Å². The zero-order valence-corrected chi connectivity index (χ0v) is 25.9. The zero-order chi connectivity index (χ0) is 30.2. The summed E-state index contributed by atoms with van der Waals surface area (Å²) >= 11 is 12.7. The number of fused-ring (bicyclic) bond motifs is 3. The third-order valence-corrected chi connectivity index (χ3v) is 9.02. The van der Waals surface area contributed by atoms with Crippen molar-refractivity contribution in [1.82, 2.24) is 24.3 Å². The topological polar surface area (TPSA) is 69.2 Å². The summed E-state index contributed by atoms with van der Waals surface area (Å²) in [5, 5.41) is 6.19. The van der Waals surface area contributed by atoms with Crippen molar-refractivity contribution in [2.75, 3.05) is 38.0 Å². The lowest BCUT2D eigenvalue weighted by molar-refractivity contribution is 0.137. The molecule has 3 aromatic carbocycles. The quantitative estimate of drug-likeness (QED) is 0.204. The van der Waals surface area contributed by atoms with Crippen LogP contribution in [0.4, 0.5) is 16.0 Å². The second-order valence-corrected chi connectivity index (χ2v) is 11.9. The highest BCUT2D eigenvalue weighted by atomic mass is 35.5. The minimum Gasteiger partial charge on any atom is -0.325 e. The molecule has 5 aromatic rings. The summed E-state index contributed by atoms with van der Waals surface area (Å²) in [5.41, 5.74) is 5.60. The first-order valence-corrected chi connectivity index (χ1v) is 15.0. The number of rotatable bonds is 7. The van der Waals surface area contributed by atoms with Crippen molar-refractivity contribution in [2.24, 2.45) is 7.05 Å². The monoisotopic (exact) mass is 618 g/mol. The SMILES string of the molecule is Cc1cc(F)ccc1Nc1nc2ccc3c(C)c(C=CCN4CCN(Cc5c(Cl)cccc5Cl)CC4)[nH]c(=O)c3c2n1C. The number of nitrogens with one attached hydrogen (secondary N) is 2. The molecule has 1 fully saturated rings. The smallest absolute Gasteiger partial charge is 0.258 e. The molecule has 1 aliphatic heterocycles. The van der Waals surface area contributed by atoms with Crippen LogP contribution in [0.3, 0.4) is 0 Å². The molecule has 0 amide bonds. The van der Waals surface area contributed by atoms with E-state index in [0.717, 1.165) is 78.2 Å². The lowest BCUT2D eigenvalue weighted by Crippen LogP contribution is -2.45. The van der Waals surface area contributed by atoms with E-state index in [2.05, 4.69) is 26.2 Å². The molecule has 10 heteroatoms. The van der Waals surface area contributed by atoms with E-state index in [4.69, 9.17) is 28.2 Å². The van der Waals surface area contributed by atoms with Gasteiger partial charge in [-0.2, -0.15) is 0 Å². The van der Waals surface area contributed by atoms with Gasteiger partial charge >= 0.3 is 0 Å². The van der Waals surface area contributed by atoms with E-state index < -0.39 is 0 Å². The lowest BCUT2D eigenvalue weighted by Gasteiger charge is -2.34. The molecular weight excluding hydrogens is 586 g/mol. The van der Waals surface area contributed by atoms with Gasteiger partial charge in [-0.15, -0.1) is 0 Å². The Kier molecular flexibility index (Phi) is 8.29. The molecule has 43 heavy (non-hydrogen) atoms. The number of aromatic amines is 1. The largest absolute Gasteiger partial charge is 0.325 e. The van der Waals surface area contributed by atoms with Crippen LogP contribution in [0.2, 0.25) is 10.0 Å². The van der Waals surface area contributed by atoms with Gasteiger partial charge in [0.1, 0.15) is 5.82 Å². The first kappa shape index (κ1) is 29.4. The van der Waals surface area contributed by atoms with Crippen molar-refractivity contribution < 1.29 is 4.39 Å². The predicted octanol–water partition coefficient (Wildman–Crippen LogP) is 7.05. The molecule has 1 aliphatic rings. The van der Waals surface area contributed by atoms with Crippen LogP contribution in [0.5, 0.6) is 0 Å². The van der Waals surface area contributed by atoms with E-state index in [-0.39, 0.29) is 11.4 Å². The predicted molar refractivity (Wildman–Crippen MR) is 175 cm³/mol. The number of H-pyrrole nitrogens is 1. The van der Waals surface area contributed by atoms with Crippen LogP contribution >= 0.6 is 23.2 Å². The molecule has 222 valence electrons. The van der Waals surface area contributed by atoms with Crippen LogP contribution in [0.15, 0.2) is 59.4 Å². The maximum Gasteiger partial charge on any atom is 0.258 e. The average Bonchev–Trinajstić information content (AvgIpc) is 3.30. The Morgan fingerprint density at radius 3 is 2.47 bits per heavy atom. The highest BCUT2D eigenvalue weighted by Crippen LogP contribution is 2.30. The van der Waals surface area contributed by atoms with Gasteiger partial charge in [0.15, 0.2) is 0 Å². The van der Waals surface area contributed by atoms with Crippen LogP contribution in [-0.4, -0.2) is 57.1 Å². The highest BCUT2D eigenvalue weighted by molar-refractivity contribution is 6.36. The van der Waals surface area contributed by atoms with E-state index in [0.29, 0.717) is 26.9 Å². The third-order valence-electron chi connectivity index (χ3n) is 8.31. The maximum absolute atomic E-state index is 13.6. The summed E-state index contributed by atoms with van der Waals surface area (Å²) in [5.74, 6) is 0.289. The molecule has 6 rings (SSSR count). The minimum absolute atomic E-state index is 0.162. The van der Waals surface area contributed by atoms with Gasteiger partial charge in [0.2, 0.25) is 5.95 Å². The van der Waals surface area contributed by atoms with Gasteiger partial charge < -0.3 is 14.9 Å². The third kappa shape index (κ3) is 5.93. The Morgan fingerprint density at radius 2 is 1.74 bits per heavy atom. The number of pyridine rings is 1. The van der Waals surface area contributed by atoms with E-state index in [1.54, 1.807) is 6.07 Å². The second-order valence-electron chi connectivity index (χ2n) is 11.1. The highest BCUT2D eigenvalue weighted by Gasteiger charge is 2.19. The molecule has 0 atom stereocenters. The molecule has 7 nitrogen and oxygen atoms in total. The first-order valence-electron chi connectivity index (χ1n) is 14.3. The summed E-state index contributed by atoms with van der Waals surface area (Å²) in [7, 11) is 1.88. The zero-order valence-electron chi connectivity index (χ0n) is 24.3. The van der Waals surface area contributed by atoms with Gasteiger partial charge in [0, 0.05) is 73.3 Å². The summed E-state index contributed by atoms with van der Waals surface area (Å²) < 4.78 is 15.5.